The number of methoxy groups -OCH3 is 1. The molecule has 1 aliphatic heterocycles. The lowest BCUT2D eigenvalue weighted by molar-refractivity contribution is -0.126. The predicted molar refractivity (Wildman–Crippen MR) is 162 cm³/mol. The Morgan fingerprint density at radius 1 is 1.10 bits per heavy atom. The lowest BCUT2D eigenvalue weighted by atomic mass is 9.86. The van der Waals surface area contributed by atoms with E-state index >= 15 is 0 Å². The molecule has 1 aromatic heterocycles. The molecule has 39 heavy (non-hydrogen) atoms. The van der Waals surface area contributed by atoms with Crippen molar-refractivity contribution in [3.8, 4) is 17.6 Å². The number of fused-ring (bicyclic) bond motifs is 1. The van der Waals surface area contributed by atoms with Gasteiger partial charge >= 0.3 is 6.18 Å². The van der Waals surface area contributed by atoms with E-state index in [2.05, 4.69) is 67.7 Å². The maximum absolute atomic E-state index is 13.6. The summed E-state index contributed by atoms with van der Waals surface area (Å²) in [7, 11) is 3.51. The quantitative estimate of drug-likeness (QED) is 0.239. The number of rotatable bonds is 7. The van der Waals surface area contributed by atoms with Crippen molar-refractivity contribution in [2.24, 2.45) is 11.8 Å². The highest BCUT2D eigenvalue weighted by Gasteiger charge is 2.33. The summed E-state index contributed by atoms with van der Waals surface area (Å²) in [6.07, 6.45) is -5.32. The second-order valence-corrected chi connectivity index (χ2v) is 14.0. The van der Waals surface area contributed by atoms with Crippen molar-refractivity contribution in [2.75, 3.05) is 57.8 Å². The molecule has 1 fully saturated rings. The minimum atomic E-state index is -4.32. The van der Waals surface area contributed by atoms with E-state index in [-0.39, 0.29) is 26.1 Å². The summed E-state index contributed by atoms with van der Waals surface area (Å²) < 4.78 is 47.3. The van der Waals surface area contributed by atoms with E-state index in [9.17, 15) is 13.2 Å². The summed E-state index contributed by atoms with van der Waals surface area (Å²) >= 11 is 1.34. The second kappa shape index (κ2) is 12.4. The van der Waals surface area contributed by atoms with E-state index < -0.39 is 12.6 Å². The number of hydrogen-bond donors (Lipinski definition) is 2. The first-order valence-corrected chi connectivity index (χ1v) is 16.2. The highest BCUT2D eigenvalue weighted by molar-refractivity contribution is 7.64. The van der Waals surface area contributed by atoms with Crippen molar-refractivity contribution in [3.05, 3.63) is 46.8 Å². The molecule has 2 unspecified atom stereocenters. The number of piperidine rings is 1. The van der Waals surface area contributed by atoms with Crippen LogP contribution in [0.5, 0.6) is 5.75 Å². The Labute approximate surface area is 235 Å². The first-order chi connectivity index (χ1) is 18.5. The predicted octanol–water partition coefficient (Wildman–Crippen LogP) is 6.84. The fourth-order valence-electron chi connectivity index (χ4n) is 5.44. The smallest absolute Gasteiger partial charge is 0.393 e. The third-order valence-electron chi connectivity index (χ3n) is 7.21. The fraction of sp³-hybridized carbons (Fsp3) is 0.467. The molecule has 0 bridgehead atoms. The number of anilines is 2. The molecule has 3 aromatic rings. The Morgan fingerprint density at radius 3 is 2.46 bits per heavy atom. The van der Waals surface area contributed by atoms with Crippen LogP contribution in [0.2, 0.25) is 0 Å². The van der Waals surface area contributed by atoms with Gasteiger partial charge in [-0.15, -0.1) is 11.3 Å². The molecule has 0 amide bonds. The largest absolute Gasteiger partial charge is 0.495 e. The van der Waals surface area contributed by atoms with E-state index in [4.69, 9.17) is 4.74 Å². The molecule has 210 valence electrons. The van der Waals surface area contributed by atoms with E-state index in [1.807, 2.05) is 24.3 Å². The first-order valence-electron chi connectivity index (χ1n) is 13.1. The molecule has 0 radical (unpaired) electrons. The van der Waals surface area contributed by atoms with Gasteiger partial charge in [0.1, 0.15) is 5.75 Å². The standard InChI is InChI=1S/C30H37F3N3OPS/c1-19-17-36(3)18-20(2)28(19)35-25-10-7-9-22-23(16-30(31,32)33)27(39-29(22)25)11-8-14-34-24-13-12-21(38(5)6)15-26(24)37-4/h7,9-10,12-13,15,19-20,28,34-35H,14,16-18H2,1-6H3. The third kappa shape index (κ3) is 7.20. The minimum Gasteiger partial charge on any atom is -0.495 e. The lowest BCUT2D eigenvalue weighted by Gasteiger charge is -2.40. The molecule has 9 heteroatoms. The lowest BCUT2D eigenvalue weighted by Crippen LogP contribution is -2.49. The number of hydrogen-bond acceptors (Lipinski definition) is 5. The van der Waals surface area contributed by atoms with Crippen LogP contribution in [0.3, 0.4) is 0 Å². The van der Waals surface area contributed by atoms with Gasteiger partial charge in [0.05, 0.1) is 41.0 Å². The molecule has 2 heterocycles. The molecular formula is C30H37F3N3OPS. The number of thiophene rings is 1. The van der Waals surface area contributed by atoms with Gasteiger partial charge in [-0.2, -0.15) is 13.2 Å². The number of ether oxygens (including phenoxy) is 1. The van der Waals surface area contributed by atoms with E-state index in [1.54, 1.807) is 13.2 Å². The van der Waals surface area contributed by atoms with E-state index in [0.29, 0.717) is 22.1 Å². The van der Waals surface area contributed by atoms with Crippen molar-refractivity contribution < 1.29 is 17.9 Å². The number of nitrogens with zero attached hydrogens (tertiary/aromatic N) is 1. The number of benzene rings is 2. The molecule has 0 spiro atoms. The number of alkyl halides is 3. The highest BCUT2D eigenvalue weighted by Crippen LogP contribution is 2.40. The van der Waals surface area contributed by atoms with Crippen molar-refractivity contribution in [3.63, 3.8) is 0 Å². The van der Waals surface area contributed by atoms with Gasteiger partial charge in [0.25, 0.3) is 0 Å². The summed E-state index contributed by atoms with van der Waals surface area (Å²) in [6, 6.07) is 11.9. The average Bonchev–Trinajstić information content (AvgIpc) is 3.20. The zero-order valence-corrected chi connectivity index (χ0v) is 25.1. The van der Waals surface area contributed by atoms with Crippen molar-refractivity contribution in [1.29, 1.82) is 0 Å². The van der Waals surface area contributed by atoms with E-state index in [0.717, 1.165) is 34.9 Å². The average molecular weight is 576 g/mol. The molecule has 0 saturated carbocycles. The van der Waals surface area contributed by atoms with Gasteiger partial charge in [-0.05, 0) is 66.7 Å². The van der Waals surface area contributed by atoms with Crippen molar-refractivity contribution >= 4 is 46.0 Å². The summed E-state index contributed by atoms with van der Waals surface area (Å²) in [5.74, 6) is 7.67. The van der Waals surface area contributed by atoms with Crippen LogP contribution in [0.15, 0.2) is 36.4 Å². The SMILES string of the molecule is COc1cc(P(C)C)ccc1NCC#Cc1sc2c(NC3C(C)CN(C)CC3C)cccc2c1CC(F)(F)F. The molecule has 2 atom stereocenters. The molecule has 2 N–H and O–H groups in total. The maximum atomic E-state index is 13.6. The van der Waals surface area contributed by atoms with Crippen LogP contribution in [0.25, 0.3) is 10.1 Å². The summed E-state index contributed by atoms with van der Waals surface area (Å²) in [5.41, 5.74) is 1.95. The van der Waals surface area contributed by atoms with Crippen LogP contribution in [0, 0.1) is 23.7 Å². The second-order valence-electron chi connectivity index (χ2n) is 10.7. The van der Waals surface area contributed by atoms with E-state index in [1.165, 1.54) is 16.6 Å². The van der Waals surface area contributed by atoms with Crippen molar-refractivity contribution in [1.82, 2.24) is 4.90 Å². The van der Waals surface area contributed by atoms with Crippen LogP contribution < -0.4 is 20.7 Å². The molecule has 1 aliphatic rings. The van der Waals surface area contributed by atoms with Gasteiger partial charge in [0.2, 0.25) is 0 Å². The Bertz CT molecular complexity index is 1350. The zero-order valence-electron chi connectivity index (χ0n) is 23.4. The minimum absolute atomic E-state index is 0.247. The van der Waals surface area contributed by atoms with Crippen LogP contribution in [-0.2, 0) is 6.42 Å². The fourth-order valence-corrected chi connectivity index (χ4v) is 7.36. The molecule has 0 aliphatic carbocycles. The Balaban J connectivity index is 1.62. The molecule has 1 saturated heterocycles. The van der Waals surface area contributed by atoms with Crippen LogP contribution >= 0.6 is 19.3 Å². The number of likely N-dealkylation sites (tertiary alicyclic amines) is 1. The maximum Gasteiger partial charge on any atom is 0.393 e. The molecule has 4 rings (SSSR count). The molecular weight excluding hydrogens is 538 g/mol. The summed E-state index contributed by atoms with van der Waals surface area (Å²) in [5, 5.41) is 8.80. The Kier molecular flexibility index (Phi) is 9.37. The van der Waals surface area contributed by atoms with Crippen molar-refractivity contribution in [2.45, 2.75) is 32.5 Å². The van der Waals surface area contributed by atoms with Gasteiger partial charge in [-0.1, -0.05) is 51.8 Å². The van der Waals surface area contributed by atoms with Gasteiger partial charge in [-0.25, -0.2) is 0 Å². The summed E-state index contributed by atoms with van der Waals surface area (Å²) in [4.78, 5) is 2.80. The topological polar surface area (TPSA) is 36.5 Å². The van der Waals surface area contributed by atoms with Gasteiger partial charge in [0, 0.05) is 19.1 Å². The number of halogens is 3. The van der Waals surface area contributed by atoms with Gasteiger partial charge in [-0.3, -0.25) is 0 Å². The normalized spacial score (nSPS) is 20.1. The Morgan fingerprint density at radius 2 is 1.82 bits per heavy atom. The van der Waals surface area contributed by atoms with Gasteiger partial charge in [0.15, 0.2) is 0 Å². The Hall–Kier alpha value is -2.46. The van der Waals surface area contributed by atoms with Gasteiger partial charge < -0.3 is 20.3 Å². The molecule has 2 aromatic carbocycles. The van der Waals surface area contributed by atoms with Crippen LogP contribution in [0.1, 0.15) is 24.3 Å². The summed E-state index contributed by atoms with van der Waals surface area (Å²) in [6.45, 7) is 11.1. The van der Waals surface area contributed by atoms with Crippen LogP contribution in [-0.4, -0.2) is 64.2 Å². The highest BCUT2D eigenvalue weighted by atomic mass is 32.1. The first kappa shape index (κ1) is 29.5. The zero-order chi connectivity index (χ0) is 28.3. The number of nitrogens with one attached hydrogen (secondary N) is 2. The van der Waals surface area contributed by atoms with Crippen LogP contribution in [0.4, 0.5) is 24.5 Å². The third-order valence-corrected chi connectivity index (χ3v) is 9.72. The monoisotopic (exact) mass is 575 g/mol. The molecule has 4 nitrogen and oxygen atoms in total.